The third kappa shape index (κ3) is 2.56. The van der Waals surface area contributed by atoms with Gasteiger partial charge in [-0.05, 0) is 41.9 Å². The molecule has 0 fully saturated rings. The second kappa shape index (κ2) is 4.89. The highest BCUT2D eigenvalue weighted by Crippen LogP contribution is 2.37. The summed E-state index contributed by atoms with van der Waals surface area (Å²) in [4.78, 5) is 4.00. The van der Waals surface area contributed by atoms with Gasteiger partial charge in [0.1, 0.15) is 0 Å². The van der Waals surface area contributed by atoms with Gasteiger partial charge in [-0.15, -0.1) is 5.10 Å². The zero-order valence-electron chi connectivity index (χ0n) is 10.2. The lowest BCUT2D eigenvalue weighted by atomic mass is 10.0. The molecule has 2 heterocycles. The molecule has 3 aromatic rings. The third-order valence-electron chi connectivity index (χ3n) is 2.92. The van der Waals surface area contributed by atoms with E-state index in [9.17, 15) is 13.2 Å². The summed E-state index contributed by atoms with van der Waals surface area (Å²) in [5.41, 5.74) is 0.201. The van der Waals surface area contributed by atoms with Crippen LogP contribution in [0.5, 0.6) is 0 Å². The molecule has 0 saturated heterocycles. The minimum Gasteiger partial charge on any atom is -0.219 e. The van der Waals surface area contributed by atoms with E-state index in [4.69, 9.17) is 23.2 Å². The molecule has 3 rings (SSSR count). The Balaban J connectivity index is 2.27. The number of fused-ring (bicyclic) bond motifs is 1. The quantitative estimate of drug-likeness (QED) is 0.645. The second-order valence-corrected chi connectivity index (χ2v) is 5.01. The van der Waals surface area contributed by atoms with Gasteiger partial charge in [0, 0.05) is 22.3 Å². The monoisotopic (exact) mass is 331 g/mol. The number of rotatable bonds is 1. The average molecular weight is 332 g/mol. The maximum Gasteiger partial charge on any atom is 0.416 e. The number of benzene rings is 1. The molecule has 0 saturated carbocycles. The van der Waals surface area contributed by atoms with E-state index in [-0.39, 0.29) is 15.9 Å². The predicted octanol–water partition coefficient (Wildman–Crippen LogP) is 4.72. The van der Waals surface area contributed by atoms with Crippen molar-refractivity contribution in [2.24, 2.45) is 0 Å². The van der Waals surface area contributed by atoms with Crippen molar-refractivity contribution in [3.63, 3.8) is 0 Å². The Kier molecular flexibility index (Phi) is 3.30. The maximum absolute atomic E-state index is 12.8. The molecule has 2 aromatic heterocycles. The largest absolute Gasteiger partial charge is 0.416 e. The molecule has 0 atom stereocenters. The molecule has 0 unspecified atom stereocenters. The maximum atomic E-state index is 12.8. The van der Waals surface area contributed by atoms with Crippen molar-refractivity contribution in [3.8, 4) is 11.1 Å². The van der Waals surface area contributed by atoms with Crippen LogP contribution in [0.1, 0.15) is 5.56 Å². The van der Waals surface area contributed by atoms with E-state index in [1.54, 1.807) is 18.3 Å². The van der Waals surface area contributed by atoms with Crippen molar-refractivity contribution in [1.82, 2.24) is 14.6 Å². The fourth-order valence-corrected chi connectivity index (χ4v) is 2.38. The zero-order chi connectivity index (χ0) is 15.2. The lowest BCUT2D eigenvalue weighted by Gasteiger charge is -2.11. The molecule has 0 radical (unpaired) electrons. The summed E-state index contributed by atoms with van der Waals surface area (Å²) in [6.07, 6.45) is -2.85. The van der Waals surface area contributed by atoms with E-state index in [2.05, 4.69) is 10.1 Å². The smallest absolute Gasteiger partial charge is 0.219 e. The van der Waals surface area contributed by atoms with Crippen LogP contribution < -0.4 is 0 Å². The molecule has 0 spiro atoms. The molecule has 0 amide bonds. The summed E-state index contributed by atoms with van der Waals surface area (Å²) in [6.45, 7) is 0. The molecule has 8 heteroatoms. The first-order valence-electron chi connectivity index (χ1n) is 5.74. The summed E-state index contributed by atoms with van der Waals surface area (Å²) in [7, 11) is 0. The number of hydrogen-bond acceptors (Lipinski definition) is 2. The van der Waals surface area contributed by atoms with E-state index < -0.39 is 11.7 Å². The summed E-state index contributed by atoms with van der Waals surface area (Å²) in [5, 5.41) is 4.10. The minimum atomic E-state index is -4.45. The van der Waals surface area contributed by atoms with Gasteiger partial charge in [-0.25, -0.2) is 4.52 Å². The SMILES string of the molecule is FC(F)(F)c1ccc(Cl)c(-c2cccn3nc(Cl)nc23)c1. The Morgan fingerprint density at radius 1 is 1.05 bits per heavy atom. The molecular formula is C13H6Cl2F3N3. The summed E-state index contributed by atoms with van der Waals surface area (Å²) >= 11 is 11.8. The van der Waals surface area contributed by atoms with Crippen molar-refractivity contribution >= 4 is 28.8 Å². The molecule has 21 heavy (non-hydrogen) atoms. The first-order valence-corrected chi connectivity index (χ1v) is 6.50. The molecule has 0 aliphatic carbocycles. The number of nitrogens with zero attached hydrogens (tertiary/aromatic N) is 3. The van der Waals surface area contributed by atoms with Crippen LogP contribution in [0, 0.1) is 0 Å². The Morgan fingerprint density at radius 3 is 2.52 bits per heavy atom. The molecule has 0 aliphatic heterocycles. The first kappa shape index (κ1) is 14.2. The summed E-state index contributed by atoms with van der Waals surface area (Å²) in [6, 6.07) is 6.37. The summed E-state index contributed by atoms with van der Waals surface area (Å²) < 4.78 is 39.9. The molecule has 1 aromatic carbocycles. The van der Waals surface area contributed by atoms with Crippen molar-refractivity contribution in [2.75, 3.05) is 0 Å². The Morgan fingerprint density at radius 2 is 1.81 bits per heavy atom. The van der Waals surface area contributed by atoms with Crippen LogP contribution >= 0.6 is 23.2 Å². The first-order chi connectivity index (χ1) is 9.86. The van der Waals surface area contributed by atoms with Crippen molar-refractivity contribution in [3.05, 3.63) is 52.4 Å². The Bertz CT molecular complexity index is 827. The molecule has 0 bridgehead atoms. The van der Waals surface area contributed by atoms with Gasteiger partial charge in [0.25, 0.3) is 0 Å². The standard InChI is InChI=1S/C13H6Cl2F3N3/c14-10-4-3-7(13(16,17)18)6-9(10)8-2-1-5-21-11(8)19-12(15)20-21/h1-6H. The normalized spacial score (nSPS) is 12.0. The van der Waals surface area contributed by atoms with E-state index in [0.29, 0.717) is 11.2 Å². The molecule has 0 N–H and O–H groups in total. The average Bonchev–Trinajstić information content (AvgIpc) is 2.78. The van der Waals surface area contributed by atoms with Gasteiger partial charge >= 0.3 is 6.18 Å². The van der Waals surface area contributed by atoms with E-state index in [1.807, 2.05) is 0 Å². The van der Waals surface area contributed by atoms with Gasteiger partial charge in [0.15, 0.2) is 5.65 Å². The van der Waals surface area contributed by atoms with Gasteiger partial charge < -0.3 is 0 Å². The highest BCUT2D eigenvalue weighted by atomic mass is 35.5. The zero-order valence-corrected chi connectivity index (χ0v) is 11.7. The van der Waals surface area contributed by atoms with Gasteiger partial charge in [0.05, 0.1) is 5.56 Å². The second-order valence-electron chi connectivity index (χ2n) is 4.26. The van der Waals surface area contributed by atoms with E-state index in [0.717, 1.165) is 12.1 Å². The minimum absolute atomic E-state index is 0.00514. The van der Waals surface area contributed by atoms with Gasteiger partial charge in [0.2, 0.25) is 5.28 Å². The summed E-state index contributed by atoms with van der Waals surface area (Å²) in [5.74, 6) is 0. The fourth-order valence-electron chi connectivity index (χ4n) is 2.00. The third-order valence-corrected chi connectivity index (χ3v) is 3.41. The number of aromatic nitrogens is 3. The Hall–Kier alpha value is -1.79. The van der Waals surface area contributed by atoms with E-state index in [1.165, 1.54) is 10.6 Å². The van der Waals surface area contributed by atoms with Crippen molar-refractivity contribution in [2.45, 2.75) is 6.18 Å². The predicted molar refractivity (Wildman–Crippen MR) is 73.4 cm³/mol. The van der Waals surface area contributed by atoms with Crippen LogP contribution in [0.25, 0.3) is 16.8 Å². The molecule has 108 valence electrons. The van der Waals surface area contributed by atoms with Crippen LogP contribution in [0.4, 0.5) is 13.2 Å². The van der Waals surface area contributed by atoms with Crippen LogP contribution in [-0.2, 0) is 6.18 Å². The number of halogens is 5. The Labute approximate surface area is 126 Å². The van der Waals surface area contributed by atoms with Gasteiger partial charge in [-0.1, -0.05) is 11.6 Å². The lowest BCUT2D eigenvalue weighted by molar-refractivity contribution is -0.137. The van der Waals surface area contributed by atoms with Crippen LogP contribution in [0.3, 0.4) is 0 Å². The fraction of sp³-hybridized carbons (Fsp3) is 0.0769. The number of hydrogen-bond donors (Lipinski definition) is 0. The molecular weight excluding hydrogens is 326 g/mol. The van der Waals surface area contributed by atoms with Crippen molar-refractivity contribution < 1.29 is 13.2 Å². The van der Waals surface area contributed by atoms with Crippen LogP contribution in [0.2, 0.25) is 10.3 Å². The highest BCUT2D eigenvalue weighted by molar-refractivity contribution is 6.33. The highest BCUT2D eigenvalue weighted by Gasteiger charge is 2.31. The number of alkyl halides is 3. The topological polar surface area (TPSA) is 30.2 Å². The van der Waals surface area contributed by atoms with Crippen LogP contribution in [0.15, 0.2) is 36.5 Å². The van der Waals surface area contributed by atoms with E-state index >= 15 is 0 Å². The van der Waals surface area contributed by atoms with Gasteiger partial charge in [-0.2, -0.15) is 18.2 Å². The molecule has 0 aliphatic rings. The molecule has 3 nitrogen and oxygen atoms in total. The van der Waals surface area contributed by atoms with Gasteiger partial charge in [-0.3, -0.25) is 0 Å². The lowest BCUT2D eigenvalue weighted by Crippen LogP contribution is -2.05. The van der Waals surface area contributed by atoms with Crippen molar-refractivity contribution in [1.29, 1.82) is 0 Å². The number of pyridine rings is 1. The van der Waals surface area contributed by atoms with Crippen LogP contribution in [-0.4, -0.2) is 14.6 Å².